The summed E-state index contributed by atoms with van der Waals surface area (Å²) in [4.78, 5) is 19.9. The number of nitrogens with zero attached hydrogens (tertiary/aromatic N) is 3. The number of methoxy groups -OCH3 is 1. The predicted molar refractivity (Wildman–Crippen MR) is 106 cm³/mol. The van der Waals surface area contributed by atoms with Crippen LogP contribution in [0.1, 0.15) is 45.1 Å². The number of hydrogen-bond donors (Lipinski definition) is 2. The number of fused-ring (bicyclic) bond motifs is 1. The van der Waals surface area contributed by atoms with Gasteiger partial charge in [0, 0.05) is 6.04 Å². The maximum atomic E-state index is 12.4. The van der Waals surface area contributed by atoms with E-state index in [1.807, 2.05) is 39.0 Å². The standard InChI is InChI=1S/C20H25N5O2/c1-20(2,3)25-17-15(11-21-25)18(26)24-19(23-17)22-13-9-12(10-13)14-7-5-6-8-16(14)27-4/h5-8,11-13H,9-10H2,1-4H3,(H2,22,23,24,26). The number of aromatic nitrogens is 4. The second-order valence-electron chi connectivity index (χ2n) is 8.13. The highest BCUT2D eigenvalue weighted by atomic mass is 16.5. The predicted octanol–water partition coefficient (Wildman–Crippen LogP) is 3.24. The molecule has 142 valence electrons. The molecule has 27 heavy (non-hydrogen) atoms. The van der Waals surface area contributed by atoms with Crippen LogP contribution in [-0.4, -0.2) is 32.9 Å². The van der Waals surface area contributed by atoms with Crippen molar-refractivity contribution < 1.29 is 4.74 Å². The van der Waals surface area contributed by atoms with Crippen LogP contribution in [0.3, 0.4) is 0 Å². The van der Waals surface area contributed by atoms with Crippen LogP contribution in [0.25, 0.3) is 11.0 Å². The Bertz CT molecular complexity index is 1020. The van der Waals surface area contributed by atoms with E-state index in [-0.39, 0.29) is 17.1 Å². The lowest BCUT2D eigenvalue weighted by Gasteiger charge is -2.36. The van der Waals surface area contributed by atoms with Crippen LogP contribution >= 0.6 is 0 Å². The molecule has 4 rings (SSSR count). The van der Waals surface area contributed by atoms with Crippen molar-refractivity contribution in [1.82, 2.24) is 19.7 Å². The van der Waals surface area contributed by atoms with Gasteiger partial charge in [-0.1, -0.05) is 18.2 Å². The number of hydrogen-bond acceptors (Lipinski definition) is 5. The molecule has 3 aromatic rings. The number of para-hydroxylation sites is 1. The van der Waals surface area contributed by atoms with Crippen LogP contribution in [0.4, 0.5) is 5.95 Å². The van der Waals surface area contributed by atoms with Gasteiger partial charge < -0.3 is 10.1 Å². The van der Waals surface area contributed by atoms with Crippen molar-refractivity contribution >= 4 is 17.0 Å². The number of aromatic amines is 1. The first kappa shape index (κ1) is 17.6. The minimum Gasteiger partial charge on any atom is -0.496 e. The van der Waals surface area contributed by atoms with E-state index in [0.717, 1.165) is 18.6 Å². The summed E-state index contributed by atoms with van der Waals surface area (Å²) in [5.41, 5.74) is 1.43. The third-order valence-corrected chi connectivity index (χ3v) is 5.13. The summed E-state index contributed by atoms with van der Waals surface area (Å²) < 4.78 is 7.26. The number of nitrogens with one attached hydrogen (secondary N) is 2. The number of H-pyrrole nitrogens is 1. The fraction of sp³-hybridized carbons (Fsp3) is 0.450. The van der Waals surface area contributed by atoms with Crippen molar-refractivity contribution in [1.29, 1.82) is 0 Å². The van der Waals surface area contributed by atoms with Crippen molar-refractivity contribution in [2.24, 2.45) is 0 Å². The van der Waals surface area contributed by atoms with Gasteiger partial charge in [-0.3, -0.25) is 9.78 Å². The molecule has 2 heterocycles. The summed E-state index contributed by atoms with van der Waals surface area (Å²) in [6, 6.07) is 8.41. The van der Waals surface area contributed by atoms with Crippen molar-refractivity contribution in [3.8, 4) is 5.75 Å². The first-order chi connectivity index (χ1) is 12.9. The first-order valence-electron chi connectivity index (χ1n) is 9.25. The van der Waals surface area contributed by atoms with Crippen molar-refractivity contribution in [2.45, 2.75) is 51.1 Å². The zero-order chi connectivity index (χ0) is 19.2. The zero-order valence-electron chi connectivity index (χ0n) is 16.1. The summed E-state index contributed by atoms with van der Waals surface area (Å²) in [6.07, 6.45) is 3.53. The van der Waals surface area contributed by atoms with E-state index in [2.05, 4.69) is 26.4 Å². The molecule has 1 aliphatic carbocycles. The Morgan fingerprint density at radius 3 is 2.70 bits per heavy atom. The highest BCUT2D eigenvalue weighted by Crippen LogP contribution is 2.41. The molecule has 0 unspecified atom stereocenters. The van der Waals surface area contributed by atoms with Crippen molar-refractivity contribution in [3.05, 3.63) is 46.4 Å². The van der Waals surface area contributed by atoms with E-state index in [4.69, 9.17) is 4.74 Å². The summed E-state index contributed by atoms with van der Waals surface area (Å²) in [7, 11) is 1.70. The smallest absolute Gasteiger partial charge is 0.263 e. The van der Waals surface area contributed by atoms with Crippen LogP contribution in [0, 0.1) is 0 Å². The molecule has 1 aliphatic rings. The fourth-order valence-electron chi connectivity index (χ4n) is 3.66. The maximum absolute atomic E-state index is 12.4. The average molecular weight is 367 g/mol. The van der Waals surface area contributed by atoms with Gasteiger partial charge >= 0.3 is 0 Å². The minimum absolute atomic E-state index is 0.168. The van der Waals surface area contributed by atoms with Crippen LogP contribution in [0.2, 0.25) is 0 Å². The first-order valence-corrected chi connectivity index (χ1v) is 9.25. The van der Waals surface area contributed by atoms with Gasteiger partial charge in [-0.25, -0.2) is 4.68 Å². The molecular formula is C20H25N5O2. The molecular weight excluding hydrogens is 342 g/mol. The lowest BCUT2D eigenvalue weighted by molar-refractivity contribution is 0.348. The third kappa shape index (κ3) is 3.18. The molecule has 0 atom stereocenters. The average Bonchev–Trinajstić information content (AvgIpc) is 3.02. The second-order valence-corrected chi connectivity index (χ2v) is 8.13. The topological polar surface area (TPSA) is 84.8 Å². The molecule has 1 saturated carbocycles. The largest absolute Gasteiger partial charge is 0.496 e. The molecule has 7 nitrogen and oxygen atoms in total. The Labute approximate surface area is 157 Å². The van der Waals surface area contributed by atoms with Gasteiger partial charge in [0.05, 0.1) is 18.8 Å². The van der Waals surface area contributed by atoms with Crippen LogP contribution in [0.5, 0.6) is 5.75 Å². The summed E-state index contributed by atoms with van der Waals surface area (Å²) in [5.74, 6) is 1.89. The quantitative estimate of drug-likeness (QED) is 0.739. The zero-order valence-corrected chi connectivity index (χ0v) is 16.1. The molecule has 0 aliphatic heterocycles. The lowest BCUT2D eigenvalue weighted by Crippen LogP contribution is -2.35. The number of ether oxygens (including phenoxy) is 1. The minimum atomic E-state index is -0.245. The van der Waals surface area contributed by atoms with Gasteiger partial charge in [0.25, 0.3) is 5.56 Å². The summed E-state index contributed by atoms with van der Waals surface area (Å²) in [5, 5.41) is 8.22. The molecule has 2 N–H and O–H groups in total. The summed E-state index contributed by atoms with van der Waals surface area (Å²) in [6.45, 7) is 6.12. The molecule has 0 spiro atoms. The highest BCUT2D eigenvalue weighted by Gasteiger charge is 2.32. The molecule has 2 aromatic heterocycles. The van der Waals surface area contributed by atoms with E-state index < -0.39 is 0 Å². The fourth-order valence-corrected chi connectivity index (χ4v) is 3.66. The van der Waals surface area contributed by atoms with E-state index in [1.165, 1.54) is 5.56 Å². The normalized spacial score (nSPS) is 19.7. The van der Waals surface area contributed by atoms with E-state index >= 15 is 0 Å². The van der Waals surface area contributed by atoms with Gasteiger partial charge in [0.2, 0.25) is 5.95 Å². The lowest BCUT2D eigenvalue weighted by atomic mass is 9.75. The number of benzene rings is 1. The maximum Gasteiger partial charge on any atom is 0.263 e. The Morgan fingerprint density at radius 1 is 1.26 bits per heavy atom. The third-order valence-electron chi connectivity index (χ3n) is 5.13. The molecule has 0 amide bonds. The Morgan fingerprint density at radius 2 is 2.00 bits per heavy atom. The Hall–Kier alpha value is -2.83. The van der Waals surface area contributed by atoms with Crippen LogP contribution in [0.15, 0.2) is 35.3 Å². The van der Waals surface area contributed by atoms with E-state index in [1.54, 1.807) is 18.0 Å². The molecule has 0 bridgehead atoms. The molecule has 1 fully saturated rings. The highest BCUT2D eigenvalue weighted by molar-refractivity contribution is 5.74. The number of anilines is 1. The molecule has 0 radical (unpaired) electrons. The summed E-state index contributed by atoms with van der Waals surface area (Å²) >= 11 is 0. The van der Waals surface area contributed by atoms with Gasteiger partial charge in [-0.2, -0.15) is 10.1 Å². The van der Waals surface area contributed by atoms with Gasteiger partial charge in [-0.15, -0.1) is 0 Å². The molecule has 0 saturated heterocycles. The van der Waals surface area contributed by atoms with Gasteiger partial charge in [-0.05, 0) is 51.2 Å². The number of rotatable bonds is 4. The van der Waals surface area contributed by atoms with Crippen LogP contribution < -0.4 is 15.6 Å². The molecule has 1 aromatic carbocycles. The monoisotopic (exact) mass is 367 g/mol. The van der Waals surface area contributed by atoms with Crippen LogP contribution in [-0.2, 0) is 5.54 Å². The second kappa shape index (κ2) is 6.40. The molecule has 7 heteroatoms. The SMILES string of the molecule is COc1ccccc1C1CC(Nc2nc3c(cnn3C(C)(C)C)c(=O)[nH]2)C1. The Balaban J connectivity index is 1.53. The van der Waals surface area contributed by atoms with Crippen molar-refractivity contribution in [2.75, 3.05) is 12.4 Å². The van der Waals surface area contributed by atoms with Crippen molar-refractivity contribution in [3.63, 3.8) is 0 Å². The Kier molecular flexibility index (Phi) is 4.17. The van der Waals surface area contributed by atoms with Gasteiger partial charge in [0.15, 0.2) is 5.65 Å². The van der Waals surface area contributed by atoms with Gasteiger partial charge in [0.1, 0.15) is 11.1 Å². The van der Waals surface area contributed by atoms with E-state index in [9.17, 15) is 4.79 Å². The van der Waals surface area contributed by atoms with E-state index in [0.29, 0.717) is 22.9 Å².